The van der Waals surface area contributed by atoms with Gasteiger partial charge in [0.1, 0.15) is 5.82 Å². The number of carbonyl (C=O) groups is 1. The molecule has 0 atom stereocenters. The van der Waals surface area contributed by atoms with Crippen molar-refractivity contribution in [2.24, 2.45) is 0 Å². The van der Waals surface area contributed by atoms with Crippen molar-refractivity contribution in [3.8, 4) is 0 Å². The van der Waals surface area contributed by atoms with Crippen LogP contribution in [-0.2, 0) is 4.74 Å². The minimum atomic E-state index is -1.05. The van der Waals surface area contributed by atoms with Crippen molar-refractivity contribution in [3.05, 3.63) is 18.1 Å². The normalized spacial score (nSPS) is 17.2. The van der Waals surface area contributed by atoms with Crippen molar-refractivity contribution in [1.82, 2.24) is 9.97 Å². The van der Waals surface area contributed by atoms with Gasteiger partial charge in [0.25, 0.3) is 0 Å². The van der Waals surface area contributed by atoms with Gasteiger partial charge in [-0.05, 0) is 33.6 Å². The monoisotopic (exact) mass is 279 g/mol. The Hall–Kier alpha value is -1.69. The number of carboxylic acid groups (broad SMARTS) is 1. The Morgan fingerprint density at radius 2 is 1.95 bits per heavy atom. The maximum Gasteiger partial charge on any atom is 0.356 e. The molecular weight excluding hydrogens is 258 g/mol. The first-order chi connectivity index (χ1) is 9.35. The van der Waals surface area contributed by atoms with Crippen molar-refractivity contribution in [3.63, 3.8) is 0 Å². The molecule has 1 aliphatic rings. The van der Waals surface area contributed by atoms with Gasteiger partial charge in [0, 0.05) is 13.1 Å². The van der Waals surface area contributed by atoms with E-state index < -0.39 is 5.97 Å². The van der Waals surface area contributed by atoms with E-state index in [-0.39, 0.29) is 17.4 Å². The summed E-state index contributed by atoms with van der Waals surface area (Å²) in [6.07, 6.45) is 4.99. The van der Waals surface area contributed by atoms with E-state index in [1.54, 1.807) is 0 Å². The smallest absolute Gasteiger partial charge is 0.356 e. The Labute approximate surface area is 118 Å². The first-order valence-electron chi connectivity index (χ1n) is 6.83. The summed E-state index contributed by atoms with van der Waals surface area (Å²) in [6, 6.07) is 0. The Balaban J connectivity index is 1.92. The molecule has 6 nitrogen and oxygen atoms in total. The van der Waals surface area contributed by atoms with E-state index in [1.807, 2.05) is 0 Å². The number of carboxylic acids is 1. The third-order valence-electron chi connectivity index (χ3n) is 3.14. The van der Waals surface area contributed by atoms with Crippen molar-refractivity contribution in [2.75, 3.05) is 18.0 Å². The van der Waals surface area contributed by atoms with E-state index in [9.17, 15) is 4.79 Å². The summed E-state index contributed by atoms with van der Waals surface area (Å²) in [5.74, 6) is -0.328. The van der Waals surface area contributed by atoms with Gasteiger partial charge in [-0.1, -0.05) is 0 Å². The second-order valence-electron chi connectivity index (χ2n) is 5.98. The van der Waals surface area contributed by atoms with E-state index in [0.717, 1.165) is 31.7 Å². The highest BCUT2D eigenvalue weighted by Crippen LogP contribution is 2.22. The van der Waals surface area contributed by atoms with Gasteiger partial charge < -0.3 is 14.7 Å². The molecule has 0 bridgehead atoms. The summed E-state index contributed by atoms with van der Waals surface area (Å²) in [4.78, 5) is 20.9. The molecule has 0 spiro atoms. The Bertz CT molecular complexity index is 460. The molecule has 1 aliphatic heterocycles. The second-order valence-corrected chi connectivity index (χ2v) is 5.98. The zero-order valence-corrected chi connectivity index (χ0v) is 12.2. The highest BCUT2D eigenvalue weighted by molar-refractivity contribution is 5.84. The predicted octanol–water partition coefficient (Wildman–Crippen LogP) is 1.96. The number of piperidine rings is 1. The first-order valence-corrected chi connectivity index (χ1v) is 6.83. The van der Waals surface area contributed by atoms with Crippen LogP contribution in [0, 0.1) is 0 Å². The maximum atomic E-state index is 10.7. The lowest BCUT2D eigenvalue weighted by Crippen LogP contribution is -2.40. The molecule has 2 heterocycles. The molecule has 0 aromatic carbocycles. The van der Waals surface area contributed by atoms with Gasteiger partial charge in [-0.3, -0.25) is 0 Å². The Morgan fingerprint density at radius 1 is 1.30 bits per heavy atom. The van der Waals surface area contributed by atoms with Crippen molar-refractivity contribution >= 4 is 11.8 Å². The third kappa shape index (κ3) is 3.90. The molecule has 0 saturated carbocycles. The van der Waals surface area contributed by atoms with E-state index in [4.69, 9.17) is 9.84 Å². The van der Waals surface area contributed by atoms with Gasteiger partial charge in [0.2, 0.25) is 0 Å². The van der Waals surface area contributed by atoms with Gasteiger partial charge in [-0.15, -0.1) is 0 Å². The minimum Gasteiger partial charge on any atom is -0.476 e. The number of hydrogen-bond acceptors (Lipinski definition) is 5. The fourth-order valence-corrected chi connectivity index (χ4v) is 2.30. The molecule has 1 fully saturated rings. The topological polar surface area (TPSA) is 75.5 Å². The highest BCUT2D eigenvalue weighted by Gasteiger charge is 2.25. The molecule has 0 unspecified atom stereocenters. The SMILES string of the molecule is CC(C)(C)OC1CCN(c2cnc(C(=O)O)cn2)CC1. The third-order valence-corrected chi connectivity index (χ3v) is 3.14. The number of aromatic carboxylic acids is 1. The van der Waals surface area contributed by atoms with Crippen LogP contribution in [0.15, 0.2) is 12.4 Å². The molecule has 1 N–H and O–H groups in total. The summed E-state index contributed by atoms with van der Waals surface area (Å²) in [7, 11) is 0. The summed E-state index contributed by atoms with van der Waals surface area (Å²) in [5, 5.41) is 8.80. The number of hydrogen-bond donors (Lipinski definition) is 1. The fourth-order valence-electron chi connectivity index (χ4n) is 2.30. The van der Waals surface area contributed by atoms with Crippen LogP contribution in [0.5, 0.6) is 0 Å². The Morgan fingerprint density at radius 3 is 2.40 bits per heavy atom. The number of nitrogens with zero attached hydrogens (tertiary/aromatic N) is 3. The molecule has 1 aromatic heterocycles. The average Bonchev–Trinajstić information content (AvgIpc) is 2.38. The van der Waals surface area contributed by atoms with E-state index >= 15 is 0 Å². The standard InChI is InChI=1S/C14H21N3O3/c1-14(2,3)20-10-4-6-17(7-5-10)12-9-15-11(8-16-12)13(18)19/h8-10H,4-7H2,1-3H3,(H,18,19). The van der Waals surface area contributed by atoms with Crippen molar-refractivity contribution in [2.45, 2.75) is 45.3 Å². The lowest BCUT2D eigenvalue weighted by molar-refractivity contribution is -0.0683. The van der Waals surface area contributed by atoms with Gasteiger partial charge >= 0.3 is 5.97 Å². The highest BCUT2D eigenvalue weighted by atomic mass is 16.5. The van der Waals surface area contributed by atoms with Crippen LogP contribution in [0.2, 0.25) is 0 Å². The van der Waals surface area contributed by atoms with Crippen LogP contribution >= 0.6 is 0 Å². The van der Waals surface area contributed by atoms with Crippen LogP contribution in [0.25, 0.3) is 0 Å². The molecule has 110 valence electrons. The van der Waals surface area contributed by atoms with Crippen LogP contribution in [0.4, 0.5) is 5.82 Å². The predicted molar refractivity (Wildman–Crippen MR) is 75.1 cm³/mol. The van der Waals surface area contributed by atoms with Crippen LogP contribution in [-0.4, -0.2) is 45.8 Å². The summed E-state index contributed by atoms with van der Waals surface area (Å²) < 4.78 is 5.97. The second kappa shape index (κ2) is 5.75. The van der Waals surface area contributed by atoms with E-state index in [1.165, 1.54) is 12.4 Å². The zero-order valence-electron chi connectivity index (χ0n) is 12.2. The number of aromatic nitrogens is 2. The summed E-state index contributed by atoms with van der Waals surface area (Å²) in [6.45, 7) is 7.89. The van der Waals surface area contributed by atoms with Crippen molar-refractivity contribution in [1.29, 1.82) is 0 Å². The zero-order chi connectivity index (χ0) is 14.8. The molecule has 2 rings (SSSR count). The van der Waals surface area contributed by atoms with Gasteiger partial charge in [-0.2, -0.15) is 0 Å². The van der Waals surface area contributed by atoms with Gasteiger partial charge in [-0.25, -0.2) is 14.8 Å². The molecular formula is C14H21N3O3. The number of ether oxygens (including phenoxy) is 1. The van der Waals surface area contributed by atoms with E-state index in [0.29, 0.717) is 0 Å². The molecule has 1 saturated heterocycles. The number of anilines is 1. The van der Waals surface area contributed by atoms with Crippen LogP contribution in [0.1, 0.15) is 44.1 Å². The lowest BCUT2D eigenvalue weighted by Gasteiger charge is -2.35. The molecule has 20 heavy (non-hydrogen) atoms. The molecule has 6 heteroatoms. The van der Waals surface area contributed by atoms with Gasteiger partial charge in [0.15, 0.2) is 5.69 Å². The maximum absolute atomic E-state index is 10.7. The van der Waals surface area contributed by atoms with Gasteiger partial charge in [0.05, 0.1) is 24.1 Å². The minimum absolute atomic E-state index is 0.0281. The molecule has 0 radical (unpaired) electrons. The van der Waals surface area contributed by atoms with Crippen LogP contribution < -0.4 is 4.90 Å². The quantitative estimate of drug-likeness (QED) is 0.911. The Kier molecular flexibility index (Phi) is 4.23. The molecule has 0 aliphatic carbocycles. The molecule has 0 amide bonds. The lowest BCUT2D eigenvalue weighted by atomic mass is 10.1. The van der Waals surface area contributed by atoms with Crippen molar-refractivity contribution < 1.29 is 14.6 Å². The fraction of sp³-hybridized carbons (Fsp3) is 0.643. The van der Waals surface area contributed by atoms with Crippen LogP contribution in [0.3, 0.4) is 0 Å². The average molecular weight is 279 g/mol. The number of rotatable bonds is 3. The summed E-state index contributed by atoms with van der Waals surface area (Å²) >= 11 is 0. The first kappa shape index (κ1) is 14.7. The largest absolute Gasteiger partial charge is 0.476 e. The van der Waals surface area contributed by atoms with E-state index in [2.05, 4.69) is 35.6 Å². The summed E-state index contributed by atoms with van der Waals surface area (Å²) in [5.41, 5.74) is -0.143. The molecule has 1 aromatic rings.